The number of amides is 1. The lowest BCUT2D eigenvalue weighted by molar-refractivity contribution is -0.146. The molecule has 5 saturated carbocycles. The van der Waals surface area contributed by atoms with E-state index in [1.54, 1.807) is 0 Å². The maximum Gasteiger partial charge on any atom is 0.226 e. The van der Waals surface area contributed by atoms with Crippen molar-refractivity contribution in [2.45, 2.75) is 70.3 Å². The summed E-state index contributed by atoms with van der Waals surface area (Å²) in [5, 5.41) is 12.9. The van der Waals surface area contributed by atoms with Gasteiger partial charge in [0.15, 0.2) is 0 Å². The van der Waals surface area contributed by atoms with E-state index >= 15 is 0 Å². The van der Waals surface area contributed by atoms with E-state index < -0.39 is 0 Å². The fourth-order valence-corrected chi connectivity index (χ4v) is 6.16. The smallest absolute Gasteiger partial charge is 0.226 e. The van der Waals surface area contributed by atoms with E-state index in [1.165, 1.54) is 19.3 Å². The molecule has 5 fully saturated rings. The Hall–Kier alpha value is -0.570. The lowest BCUT2D eigenvalue weighted by atomic mass is 9.49. The summed E-state index contributed by atoms with van der Waals surface area (Å²) in [6.07, 6.45) is 11.5. The van der Waals surface area contributed by atoms with E-state index in [4.69, 9.17) is 0 Å². The van der Waals surface area contributed by atoms with E-state index in [0.717, 1.165) is 69.2 Å². The predicted octanol–water partition coefficient (Wildman–Crippen LogP) is 2.87. The molecule has 1 amide bonds. The van der Waals surface area contributed by atoms with Gasteiger partial charge in [-0.2, -0.15) is 0 Å². The van der Waals surface area contributed by atoms with Gasteiger partial charge in [0.2, 0.25) is 5.91 Å². The van der Waals surface area contributed by atoms with Crippen LogP contribution in [-0.2, 0) is 4.79 Å². The Kier molecular flexibility index (Phi) is 3.52. The van der Waals surface area contributed by atoms with Gasteiger partial charge in [-0.3, -0.25) is 4.79 Å². The number of aliphatic hydroxyl groups excluding tert-OH is 1. The molecule has 0 aromatic carbocycles. The van der Waals surface area contributed by atoms with Gasteiger partial charge in [-0.25, -0.2) is 0 Å². The van der Waals surface area contributed by atoms with Crippen LogP contribution in [0.2, 0.25) is 0 Å². The first kappa shape index (κ1) is 14.0. The summed E-state index contributed by atoms with van der Waals surface area (Å²) >= 11 is 0. The second kappa shape index (κ2) is 5.26. The zero-order chi connectivity index (χ0) is 14.4. The van der Waals surface area contributed by atoms with Crippen LogP contribution < -0.4 is 5.32 Å². The molecule has 0 aromatic rings. The van der Waals surface area contributed by atoms with Crippen molar-refractivity contribution in [2.75, 3.05) is 6.54 Å². The minimum absolute atomic E-state index is 0.00291. The molecule has 5 rings (SSSR count). The molecule has 0 unspecified atom stereocenters. The van der Waals surface area contributed by atoms with Gasteiger partial charge in [-0.15, -0.1) is 0 Å². The lowest BCUT2D eigenvalue weighted by Gasteiger charge is -2.55. The highest BCUT2D eigenvalue weighted by Crippen LogP contribution is 2.60. The van der Waals surface area contributed by atoms with Gasteiger partial charge in [-0.05, 0) is 87.9 Å². The summed E-state index contributed by atoms with van der Waals surface area (Å²) in [5.41, 5.74) is 0.00291. The normalized spacial score (nSPS) is 48.3. The fourth-order valence-electron chi connectivity index (χ4n) is 6.16. The topological polar surface area (TPSA) is 49.3 Å². The van der Waals surface area contributed by atoms with Crippen LogP contribution in [0, 0.1) is 29.1 Å². The molecule has 0 atom stereocenters. The van der Waals surface area contributed by atoms with Crippen LogP contribution in [0.1, 0.15) is 64.2 Å². The Labute approximate surface area is 127 Å². The van der Waals surface area contributed by atoms with Crippen molar-refractivity contribution in [2.24, 2.45) is 29.1 Å². The van der Waals surface area contributed by atoms with Crippen molar-refractivity contribution in [3.63, 3.8) is 0 Å². The van der Waals surface area contributed by atoms with Gasteiger partial charge in [0.05, 0.1) is 6.10 Å². The second-order valence-electron chi connectivity index (χ2n) is 8.58. The van der Waals surface area contributed by atoms with Crippen LogP contribution in [-0.4, -0.2) is 23.7 Å². The summed E-state index contributed by atoms with van der Waals surface area (Å²) in [5.74, 6) is 3.48. The second-order valence-corrected chi connectivity index (χ2v) is 8.58. The van der Waals surface area contributed by atoms with Crippen LogP contribution in [0.15, 0.2) is 0 Å². The molecule has 0 aromatic heterocycles. The molecule has 0 radical (unpaired) electrons. The highest BCUT2D eigenvalue weighted by molar-refractivity contribution is 5.83. The van der Waals surface area contributed by atoms with Crippen molar-refractivity contribution in [3.8, 4) is 0 Å². The average Bonchev–Trinajstić information content (AvgIpc) is 2.45. The number of aliphatic hydroxyl groups is 1. The van der Waals surface area contributed by atoms with Gasteiger partial charge in [-0.1, -0.05) is 0 Å². The molecule has 4 bridgehead atoms. The number of carbonyl (C=O) groups is 1. The third-order valence-corrected chi connectivity index (χ3v) is 6.89. The minimum Gasteiger partial charge on any atom is -0.393 e. The highest BCUT2D eigenvalue weighted by Gasteiger charge is 2.54. The highest BCUT2D eigenvalue weighted by atomic mass is 16.3. The molecule has 3 heteroatoms. The SMILES string of the molecule is O=C(NCC1CCC(O)CC1)C12CC3CC(CC(C3)C1)C2. The summed E-state index contributed by atoms with van der Waals surface area (Å²) in [7, 11) is 0. The molecule has 2 N–H and O–H groups in total. The molecule has 0 saturated heterocycles. The molecule has 5 aliphatic carbocycles. The molecule has 3 nitrogen and oxygen atoms in total. The Balaban J connectivity index is 1.35. The molecule has 0 aliphatic heterocycles. The molecular formula is C18H29NO2. The van der Waals surface area contributed by atoms with E-state index in [0.29, 0.717) is 11.8 Å². The van der Waals surface area contributed by atoms with Crippen LogP contribution >= 0.6 is 0 Å². The van der Waals surface area contributed by atoms with Crippen molar-refractivity contribution in [3.05, 3.63) is 0 Å². The number of carbonyl (C=O) groups excluding carboxylic acids is 1. The number of hydrogen-bond donors (Lipinski definition) is 2. The summed E-state index contributed by atoms with van der Waals surface area (Å²) in [6, 6.07) is 0. The van der Waals surface area contributed by atoms with Crippen molar-refractivity contribution < 1.29 is 9.90 Å². The van der Waals surface area contributed by atoms with E-state index in [1.807, 2.05) is 0 Å². The van der Waals surface area contributed by atoms with E-state index in [2.05, 4.69) is 5.32 Å². The molecule has 0 heterocycles. The number of hydrogen-bond acceptors (Lipinski definition) is 2. The molecule has 5 aliphatic rings. The summed E-state index contributed by atoms with van der Waals surface area (Å²) < 4.78 is 0. The van der Waals surface area contributed by atoms with Gasteiger partial charge in [0.1, 0.15) is 0 Å². The molecule has 21 heavy (non-hydrogen) atoms. The monoisotopic (exact) mass is 291 g/mol. The van der Waals surface area contributed by atoms with Crippen LogP contribution in [0.25, 0.3) is 0 Å². The molecule has 0 spiro atoms. The minimum atomic E-state index is -0.0971. The zero-order valence-electron chi connectivity index (χ0n) is 13.0. The van der Waals surface area contributed by atoms with Crippen LogP contribution in [0.5, 0.6) is 0 Å². The first-order valence-corrected chi connectivity index (χ1v) is 9.09. The van der Waals surface area contributed by atoms with Gasteiger partial charge in [0, 0.05) is 12.0 Å². The zero-order valence-corrected chi connectivity index (χ0v) is 13.0. The third kappa shape index (κ3) is 2.62. The predicted molar refractivity (Wildman–Crippen MR) is 81.6 cm³/mol. The Morgan fingerprint density at radius 1 is 0.952 bits per heavy atom. The quantitative estimate of drug-likeness (QED) is 0.840. The van der Waals surface area contributed by atoms with Crippen molar-refractivity contribution >= 4 is 5.91 Å². The Morgan fingerprint density at radius 2 is 1.48 bits per heavy atom. The molecular weight excluding hydrogens is 262 g/mol. The van der Waals surface area contributed by atoms with Gasteiger partial charge >= 0.3 is 0 Å². The van der Waals surface area contributed by atoms with Crippen LogP contribution in [0.4, 0.5) is 0 Å². The maximum atomic E-state index is 12.8. The molecule has 118 valence electrons. The average molecular weight is 291 g/mol. The van der Waals surface area contributed by atoms with Gasteiger partial charge < -0.3 is 10.4 Å². The van der Waals surface area contributed by atoms with Gasteiger partial charge in [0.25, 0.3) is 0 Å². The first-order chi connectivity index (χ1) is 10.1. The van der Waals surface area contributed by atoms with Crippen molar-refractivity contribution in [1.82, 2.24) is 5.32 Å². The standard InChI is InChI=1S/C18H29NO2/c20-16-3-1-12(2-4-16)11-19-17(21)18-8-13-5-14(9-18)7-15(6-13)10-18/h12-16,20H,1-11H2,(H,19,21). The van der Waals surface area contributed by atoms with Crippen molar-refractivity contribution in [1.29, 1.82) is 0 Å². The Bertz CT molecular complexity index is 376. The third-order valence-electron chi connectivity index (χ3n) is 6.89. The van der Waals surface area contributed by atoms with E-state index in [9.17, 15) is 9.90 Å². The largest absolute Gasteiger partial charge is 0.393 e. The van der Waals surface area contributed by atoms with E-state index in [-0.39, 0.29) is 11.5 Å². The van der Waals surface area contributed by atoms with Crippen LogP contribution in [0.3, 0.4) is 0 Å². The maximum absolute atomic E-state index is 12.8. The number of nitrogens with one attached hydrogen (secondary N) is 1. The lowest BCUT2D eigenvalue weighted by Crippen LogP contribution is -2.54. The summed E-state index contributed by atoms with van der Waals surface area (Å²) in [4.78, 5) is 12.8. The number of rotatable bonds is 3. The first-order valence-electron chi connectivity index (χ1n) is 9.09. The summed E-state index contributed by atoms with van der Waals surface area (Å²) in [6.45, 7) is 0.841. The Morgan fingerprint density at radius 3 is 2.00 bits per heavy atom. The fraction of sp³-hybridized carbons (Fsp3) is 0.944.